The standard InChI is InChI=1S/C31H36N2O2/c1-3-29-10-7-21-33(29)23(2)26-15-11-24(12-16-26)19-20-32-31(35)28-17-13-25(14-18-28)22-30(34)27-8-5-4-6-9-27/h4-6,8-9,11-18,23,29H,3,7,10,19-22H2,1-2H3,(H,32,35). The molecule has 1 aliphatic rings. The van der Waals surface area contributed by atoms with Crippen LogP contribution in [0.15, 0.2) is 78.9 Å². The number of amides is 1. The van der Waals surface area contributed by atoms with Crippen LogP contribution in [0.5, 0.6) is 0 Å². The minimum atomic E-state index is -0.0872. The monoisotopic (exact) mass is 468 g/mol. The summed E-state index contributed by atoms with van der Waals surface area (Å²) in [6.45, 7) is 6.38. The number of likely N-dealkylation sites (tertiary alicyclic amines) is 1. The summed E-state index contributed by atoms with van der Waals surface area (Å²) in [5.41, 5.74) is 4.82. The molecule has 2 atom stereocenters. The van der Waals surface area contributed by atoms with Crippen molar-refractivity contribution in [2.75, 3.05) is 13.1 Å². The third kappa shape index (κ3) is 6.46. The average molecular weight is 469 g/mol. The van der Waals surface area contributed by atoms with E-state index in [1.807, 2.05) is 42.5 Å². The van der Waals surface area contributed by atoms with Crippen LogP contribution < -0.4 is 5.32 Å². The van der Waals surface area contributed by atoms with Crippen LogP contribution >= 0.6 is 0 Å². The van der Waals surface area contributed by atoms with Crippen LogP contribution in [0.4, 0.5) is 0 Å². The molecule has 0 aromatic heterocycles. The molecule has 0 aliphatic carbocycles. The SMILES string of the molecule is CCC1CCCN1C(C)c1ccc(CCNC(=O)c2ccc(CC(=O)c3ccccc3)cc2)cc1. The number of nitrogens with zero attached hydrogens (tertiary/aromatic N) is 1. The molecule has 1 fully saturated rings. The van der Waals surface area contributed by atoms with Crippen molar-refractivity contribution in [3.63, 3.8) is 0 Å². The molecular weight excluding hydrogens is 432 g/mol. The van der Waals surface area contributed by atoms with E-state index in [0.717, 1.165) is 12.0 Å². The van der Waals surface area contributed by atoms with Crippen LogP contribution in [0, 0.1) is 0 Å². The van der Waals surface area contributed by atoms with E-state index >= 15 is 0 Å². The van der Waals surface area contributed by atoms with Gasteiger partial charge in [-0.25, -0.2) is 0 Å². The quantitative estimate of drug-likeness (QED) is 0.370. The lowest BCUT2D eigenvalue weighted by Crippen LogP contribution is -2.31. The second kappa shape index (κ2) is 11.9. The minimum Gasteiger partial charge on any atom is -0.352 e. The fourth-order valence-electron chi connectivity index (χ4n) is 5.07. The Bertz CT molecular complexity index is 1110. The van der Waals surface area contributed by atoms with Gasteiger partial charge in [0, 0.05) is 36.2 Å². The molecule has 0 radical (unpaired) electrons. The van der Waals surface area contributed by atoms with Crippen molar-refractivity contribution in [2.24, 2.45) is 0 Å². The summed E-state index contributed by atoms with van der Waals surface area (Å²) in [4.78, 5) is 27.6. The van der Waals surface area contributed by atoms with Crippen LogP contribution in [-0.2, 0) is 12.8 Å². The van der Waals surface area contributed by atoms with Gasteiger partial charge in [0.1, 0.15) is 0 Å². The van der Waals surface area contributed by atoms with Crippen LogP contribution in [0.1, 0.15) is 76.6 Å². The predicted octanol–water partition coefficient (Wildman–Crippen LogP) is 6.02. The number of benzene rings is 3. The molecule has 0 saturated carbocycles. The van der Waals surface area contributed by atoms with Gasteiger partial charge in [0.05, 0.1) is 0 Å². The Morgan fingerprint density at radius 1 is 0.914 bits per heavy atom. The lowest BCUT2D eigenvalue weighted by molar-refractivity contribution is 0.0953. The van der Waals surface area contributed by atoms with E-state index in [1.54, 1.807) is 12.1 Å². The predicted molar refractivity (Wildman–Crippen MR) is 142 cm³/mol. The van der Waals surface area contributed by atoms with Crippen LogP contribution in [0.25, 0.3) is 0 Å². The van der Waals surface area contributed by atoms with E-state index < -0.39 is 0 Å². The van der Waals surface area contributed by atoms with E-state index in [1.165, 1.54) is 36.9 Å². The first-order valence-electron chi connectivity index (χ1n) is 12.8. The highest BCUT2D eigenvalue weighted by atomic mass is 16.1. The maximum atomic E-state index is 12.6. The zero-order valence-corrected chi connectivity index (χ0v) is 20.9. The molecule has 0 bridgehead atoms. The summed E-state index contributed by atoms with van der Waals surface area (Å²) in [6.07, 6.45) is 4.96. The molecule has 1 N–H and O–H groups in total. The van der Waals surface area contributed by atoms with Crippen molar-refractivity contribution in [3.05, 3.63) is 107 Å². The highest BCUT2D eigenvalue weighted by Gasteiger charge is 2.27. The van der Waals surface area contributed by atoms with E-state index in [4.69, 9.17) is 0 Å². The smallest absolute Gasteiger partial charge is 0.251 e. The highest BCUT2D eigenvalue weighted by molar-refractivity contribution is 5.98. The van der Waals surface area contributed by atoms with Gasteiger partial charge < -0.3 is 5.32 Å². The molecule has 4 heteroatoms. The maximum absolute atomic E-state index is 12.6. The van der Waals surface area contributed by atoms with Gasteiger partial charge in [-0.15, -0.1) is 0 Å². The van der Waals surface area contributed by atoms with Crippen LogP contribution in [-0.4, -0.2) is 35.7 Å². The molecule has 4 rings (SSSR count). The summed E-state index contributed by atoms with van der Waals surface area (Å²) in [5, 5.41) is 3.01. The third-order valence-electron chi connectivity index (χ3n) is 7.23. The van der Waals surface area contributed by atoms with Gasteiger partial charge in [-0.2, -0.15) is 0 Å². The molecule has 0 spiro atoms. The third-order valence-corrected chi connectivity index (χ3v) is 7.23. The molecule has 182 valence electrons. The van der Waals surface area contributed by atoms with Crippen LogP contribution in [0.3, 0.4) is 0 Å². The molecule has 1 heterocycles. The largest absolute Gasteiger partial charge is 0.352 e. The van der Waals surface area contributed by atoms with E-state index in [-0.39, 0.29) is 11.7 Å². The van der Waals surface area contributed by atoms with E-state index in [0.29, 0.717) is 36.2 Å². The fraction of sp³-hybridized carbons (Fsp3) is 0.355. The van der Waals surface area contributed by atoms with Crippen molar-refractivity contribution < 1.29 is 9.59 Å². The number of Topliss-reactive ketones (excluding diaryl/α,β-unsaturated/α-hetero) is 1. The topological polar surface area (TPSA) is 49.4 Å². The van der Waals surface area contributed by atoms with E-state index in [9.17, 15) is 9.59 Å². The van der Waals surface area contributed by atoms with Crippen molar-refractivity contribution in [3.8, 4) is 0 Å². The lowest BCUT2D eigenvalue weighted by atomic mass is 10.0. The summed E-state index contributed by atoms with van der Waals surface area (Å²) >= 11 is 0. The lowest BCUT2D eigenvalue weighted by Gasteiger charge is -2.30. The fourth-order valence-corrected chi connectivity index (χ4v) is 5.07. The molecule has 1 saturated heterocycles. The molecule has 4 nitrogen and oxygen atoms in total. The Morgan fingerprint density at radius 3 is 2.29 bits per heavy atom. The molecule has 1 amide bonds. The number of ketones is 1. The van der Waals surface area contributed by atoms with Crippen molar-refractivity contribution in [1.29, 1.82) is 0 Å². The first-order chi connectivity index (χ1) is 17.0. The number of rotatable bonds is 10. The number of nitrogens with one attached hydrogen (secondary N) is 1. The summed E-state index contributed by atoms with van der Waals surface area (Å²) < 4.78 is 0. The first-order valence-corrected chi connectivity index (χ1v) is 12.8. The van der Waals surface area contributed by atoms with Gasteiger partial charge in [0.2, 0.25) is 0 Å². The number of carbonyl (C=O) groups is 2. The van der Waals surface area contributed by atoms with Gasteiger partial charge in [0.15, 0.2) is 5.78 Å². The number of hydrogen-bond donors (Lipinski definition) is 1. The summed E-state index contributed by atoms with van der Waals surface area (Å²) in [7, 11) is 0. The van der Waals surface area contributed by atoms with Gasteiger partial charge in [-0.05, 0) is 68.0 Å². The second-order valence-electron chi connectivity index (χ2n) is 9.53. The van der Waals surface area contributed by atoms with Gasteiger partial charge in [0.25, 0.3) is 5.91 Å². The Balaban J connectivity index is 1.24. The number of carbonyl (C=O) groups excluding carboxylic acids is 2. The summed E-state index contributed by atoms with van der Waals surface area (Å²) in [6, 6.07) is 26.6. The zero-order valence-electron chi connectivity index (χ0n) is 20.9. The Kier molecular flexibility index (Phi) is 8.49. The molecule has 2 unspecified atom stereocenters. The normalized spacial score (nSPS) is 16.7. The van der Waals surface area contributed by atoms with Gasteiger partial charge in [-0.1, -0.05) is 73.7 Å². The van der Waals surface area contributed by atoms with Gasteiger partial charge >= 0.3 is 0 Å². The Morgan fingerprint density at radius 2 is 1.60 bits per heavy atom. The van der Waals surface area contributed by atoms with Crippen molar-refractivity contribution in [1.82, 2.24) is 10.2 Å². The molecular formula is C31H36N2O2. The number of hydrogen-bond acceptors (Lipinski definition) is 3. The Labute approximate surface area is 209 Å². The van der Waals surface area contributed by atoms with E-state index in [2.05, 4.69) is 48.3 Å². The highest BCUT2D eigenvalue weighted by Crippen LogP contribution is 2.30. The molecule has 3 aromatic carbocycles. The molecule has 1 aliphatic heterocycles. The second-order valence-corrected chi connectivity index (χ2v) is 9.53. The molecule has 35 heavy (non-hydrogen) atoms. The van der Waals surface area contributed by atoms with Crippen LogP contribution in [0.2, 0.25) is 0 Å². The first kappa shape index (κ1) is 24.9. The maximum Gasteiger partial charge on any atom is 0.251 e. The Hall–Kier alpha value is -3.24. The van der Waals surface area contributed by atoms with Crippen molar-refractivity contribution in [2.45, 2.75) is 58.0 Å². The average Bonchev–Trinajstić information content (AvgIpc) is 3.38. The van der Waals surface area contributed by atoms with Gasteiger partial charge in [-0.3, -0.25) is 14.5 Å². The minimum absolute atomic E-state index is 0.0776. The summed E-state index contributed by atoms with van der Waals surface area (Å²) in [5.74, 6) is -0.00959. The van der Waals surface area contributed by atoms with Crippen molar-refractivity contribution >= 4 is 11.7 Å². The zero-order chi connectivity index (χ0) is 24.6. The molecule has 3 aromatic rings.